The van der Waals surface area contributed by atoms with Gasteiger partial charge in [-0.05, 0) is 24.7 Å². The normalized spacial score (nSPS) is 14.6. The molecule has 1 aromatic carbocycles. The maximum absolute atomic E-state index is 12.0. The van der Waals surface area contributed by atoms with Crippen molar-refractivity contribution in [2.45, 2.75) is 26.3 Å². The average molecular weight is 301 g/mol. The summed E-state index contributed by atoms with van der Waals surface area (Å²) in [5.41, 5.74) is 1.54. The van der Waals surface area contributed by atoms with Gasteiger partial charge in [0.05, 0.1) is 11.1 Å². The van der Waals surface area contributed by atoms with Crippen molar-refractivity contribution in [3.05, 3.63) is 29.8 Å². The van der Waals surface area contributed by atoms with E-state index in [0.717, 1.165) is 23.7 Å². The minimum absolute atomic E-state index is 0.0725. The smallest absolute Gasteiger partial charge is 0.277 e. The molecule has 0 fully saturated rings. The first-order chi connectivity index (χ1) is 10.1. The molecular formula is C15H15N3O2S. The van der Waals surface area contributed by atoms with Gasteiger partial charge < -0.3 is 9.67 Å². The molecule has 0 saturated heterocycles. The molecule has 1 amide bonds. The van der Waals surface area contributed by atoms with Gasteiger partial charge in [0, 0.05) is 11.9 Å². The third-order valence-corrected chi connectivity index (χ3v) is 3.76. The number of unbranched alkanes of at least 4 members (excludes halogenated alkanes) is 1. The van der Waals surface area contributed by atoms with Crippen molar-refractivity contribution >= 4 is 39.9 Å². The fourth-order valence-electron chi connectivity index (χ4n) is 2.57. The summed E-state index contributed by atoms with van der Waals surface area (Å²) in [6, 6.07) is 7.60. The number of thiocarbonyl (C=S) groups is 1. The van der Waals surface area contributed by atoms with Crippen LogP contribution in [0, 0.1) is 0 Å². The lowest BCUT2D eigenvalue weighted by Gasteiger charge is -2.05. The molecule has 3 rings (SSSR count). The maximum atomic E-state index is 12.0. The van der Waals surface area contributed by atoms with Crippen molar-refractivity contribution in [1.29, 1.82) is 0 Å². The molecule has 21 heavy (non-hydrogen) atoms. The van der Waals surface area contributed by atoms with Crippen molar-refractivity contribution in [1.82, 2.24) is 9.88 Å². The Morgan fingerprint density at radius 3 is 2.81 bits per heavy atom. The molecule has 0 bridgehead atoms. The summed E-state index contributed by atoms with van der Waals surface area (Å²) in [5.74, 6) is -0.294. The number of benzene rings is 1. The topological polar surface area (TPSA) is 66.6 Å². The first-order valence-electron chi connectivity index (χ1n) is 6.88. The van der Waals surface area contributed by atoms with E-state index in [-0.39, 0.29) is 22.6 Å². The Balaban J connectivity index is 2.23. The van der Waals surface area contributed by atoms with Crippen LogP contribution in [0.3, 0.4) is 0 Å². The van der Waals surface area contributed by atoms with Gasteiger partial charge in [0.2, 0.25) is 11.0 Å². The molecule has 1 aromatic heterocycles. The van der Waals surface area contributed by atoms with Crippen LogP contribution in [0.15, 0.2) is 29.3 Å². The molecule has 2 N–H and O–H groups in total. The number of aliphatic imine (C=N–C) groups is 1. The van der Waals surface area contributed by atoms with Gasteiger partial charge in [-0.1, -0.05) is 31.5 Å². The summed E-state index contributed by atoms with van der Waals surface area (Å²) in [6.07, 6.45) is 1.97. The highest BCUT2D eigenvalue weighted by Crippen LogP contribution is 2.33. The summed E-state index contributed by atoms with van der Waals surface area (Å²) < 4.78 is 1.82. The Kier molecular flexibility index (Phi) is 3.47. The zero-order valence-electron chi connectivity index (χ0n) is 11.6. The molecule has 0 aliphatic carbocycles. The fourth-order valence-corrected chi connectivity index (χ4v) is 2.76. The molecule has 5 nitrogen and oxygen atoms in total. The van der Waals surface area contributed by atoms with E-state index in [1.807, 2.05) is 28.8 Å². The third-order valence-electron chi connectivity index (χ3n) is 3.56. The number of nitrogens with zero attached hydrogens (tertiary/aromatic N) is 2. The van der Waals surface area contributed by atoms with Crippen molar-refractivity contribution in [3.63, 3.8) is 0 Å². The van der Waals surface area contributed by atoms with Crippen LogP contribution in [0.4, 0.5) is 0 Å². The largest absolute Gasteiger partial charge is 0.494 e. The van der Waals surface area contributed by atoms with E-state index in [1.165, 1.54) is 0 Å². The highest BCUT2D eigenvalue weighted by atomic mass is 32.1. The van der Waals surface area contributed by atoms with Gasteiger partial charge in [-0.3, -0.25) is 10.1 Å². The average Bonchev–Trinajstić information content (AvgIpc) is 2.93. The Bertz CT molecular complexity index is 777. The predicted molar refractivity (Wildman–Crippen MR) is 85.8 cm³/mol. The second kappa shape index (κ2) is 5.29. The number of carbonyl (C=O) groups excluding carboxylic acids is 1. The van der Waals surface area contributed by atoms with E-state index in [0.29, 0.717) is 12.1 Å². The van der Waals surface area contributed by atoms with E-state index >= 15 is 0 Å². The van der Waals surface area contributed by atoms with Gasteiger partial charge in [0.15, 0.2) is 0 Å². The molecule has 0 atom stereocenters. The lowest BCUT2D eigenvalue weighted by Crippen LogP contribution is -2.25. The number of aromatic nitrogens is 1. The summed E-state index contributed by atoms with van der Waals surface area (Å²) in [6.45, 7) is 2.79. The Morgan fingerprint density at radius 1 is 1.38 bits per heavy atom. The lowest BCUT2D eigenvalue weighted by molar-refractivity contribution is -0.113. The van der Waals surface area contributed by atoms with Crippen LogP contribution in [0.5, 0.6) is 5.88 Å². The van der Waals surface area contributed by atoms with Gasteiger partial charge in [0.1, 0.15) is 5.71 Å². The van der Waals surface area contributed by atoms with Crippen LogP contribution in [-0.2, 0) is 11.3 Å². The minimum Gasteiger partial charge on any atom is -0.494 e. The number of nitrogens with one attached hydrogen (secondary N) is 1. The lowest BCUT2D eigenvalue weighted by atomic mass is 10.1. The van der Waals surface area contributed by atoms with Gasteiger partial charge in [-0.25, -0.2) is 4.99 Å². The molecule has 1 aliphatic rings. The molecule has 6 heteroatoms. The van der Waals surface area contributed by atoms with Gasteiger partial charge in [-0.2, -0.15) is 0 Å². The monoisotopic (exact) mass is 301 g/mol. The molecule has 0 radical (unpaired) electrons. The molecule has 108 valence electrons. The molecule has 0 unspecified atom stereocenters. The van der Waals surface area contributed by atoms with Crippen LogP contribution >= 0.6 is 12.2 Å². The third kappa shape index (κ3) is 2.21. The van der Waals surface area contributed by atoms with Crippen LogP contribution < -0.4 is 5.32 Å². The van der Waals surface area contributed by atoms with Gasteiger partial charge in [0.25, 0.3) is 5.91 Å². The first-order valence-corrected chi connectivity index (χ1v) is 7.29. The maximum Gasteiger partial charge on any atom is 0.277 e. The van der Waals surface area contributed by atoms with Crippen LogP contribution in [0.2, 0.25) is 0 Å². The van der Waals surface area contributed by atoms with Crippen molar-refractivity contribution in [3.8, 4) is 5.88 Å². The highest BCUT2D eigenvalue weighted by molar-refractivity contribution is 7.80. The minimum atomic E-state index is -0.367. The molecule has 0 saturated carbocycles. The second-order valence-electron chi connectivity index (χ2n) is 4.94. The Hall–Kier alpha value is -2.21. The van der Waals surface area contributed by atoms with Crippen LogP contribution in [0.25, 0.3) is 10.9 Å². The van der Waals surface area contributed by atoms with E-state index in [4.69, 9.17) is 12.2 Å². The summed E-state index contributed by atoms with van der Waals surface area (Å²) in [7, 11) is 0. The number of rotatable bonds is 4. The van der Waals surface area contributed by atoms with E-state index in [2.05, 4.69) is 17.2 Å². The van der Waals surface area contributed by atoms with Crippen molar-refractivity contribution in [2.24, 2.45) is 4.99 Å². The SMILES string of the molecule is CCCCn1c(O)c(C2=NC(=S)NC2=O)c2ccccc21. The van der Waals surface area contributed by atoms with E-state index < -0.39 is 0 Å². The summed E-state index contributed by atoms with van der Waals surface area (Å²) in [5, 5.41) is 14.0. The molecule has 2 heterocycles. The summed E-state index contributed by atoms with van der Waals surface area (Å²) in [4.78, 5) is 16.0. The zero-order chi connectivity index (χ0) is 15.0. The predicted octanol–water partition coefficient (Wildman–Crippen LogP) is 2.35. The summed E-state index contributed by atoms with van der Waals surface area (Å²) >= 11 is 4.91. The number of carbonyl (C=O) groups is 1. The highest BCUT2D eigenvalue weighted by Gasteiger charge is 2.29. The quantitative estimate of drug-likeness (QED) is 0.852. The number of hydrogen-bond acceptors (Lipinski definition) is 3. The number of aryl methyl sites for hydroxylation is 1. The molecular weight excluding hydrogens is 286 g/mol. The van der Waals surface area contributed by atoms with Crippen molar-refractivity contribution < 1.29 is 9.90 Å². The van der Waals surface area contributed by atoms with Crippen LogP contribution in [0.1, 0.15) is 25.3 Å². The number of para-hydroxylation sites is 1. The number of hydrogen-bond donors (Lipinski definition) is 2. The zero-order valence-corrected chi connectivity index (χ0v) is 12.4. The second-order valence-corrected chi connectivity index (χ2v) is 5.33. The van der Waals surface area contributed by atoms with Crippen LogP contribution in [-0.4, -0.2) is 26.4 Å². The van der Waals surface area contributed by atoms with Crippen molar-refractivity contribution in [2.75, 3.05) is 0 Å². The fraction of sp³-hybridized carbons (Fsp3) is 0.267. The first kappa shape index (κ1) is 13.8. The number of aromatic hydroxyl groups is 1. The molecule has 0 spiro atoms. The number of amides is 1. The molecule has 2 aromatic rings. The Morgan fingerprint density at radius 2 is 2.14 bits per heavy atom. The number of fused-ring (bicyclic) bond motifs is 1. The van der Waals surface area contributed by atoms with Gasteiger partial charge in [-0.15, -0.1) is 0 Å². The molecule has 1 aliphatic heterocycles. The Labute approximate surface area is 127 Å². The van der Waals surface area contributed by atoms with E-state index in [9.17, 15) is 9.90 Å². The van der Waals surface area contributed by atoms with Gasteiger partial charge >= 0.3 is 0 Å². The van der Waals surface area contributed by atoms with E-state index in [1.54, 1.807) is 0 Å². The standard InChI is InChI=1S/C15H15N3O2S/c1-2-3-8-18-10-7-5-4-6-9(10)11(14(18)20)12-13(19)17-15(21)16-12/h4-7,20H,2-3,8H2,1H3,(H,17,19,21).